The van der Waals surface area contributed by atoms with Crippen LogP contribution in [0.15, 0.2) is 47.4 Å². The van der Waals surface area contributed by atoms with E-state index >= 15 is 0 Å². The molecule has 8 nitrogen and oxygen atoms in total. The number of aromatic amines is 1. The molecule has 0 bridgehead atoms. The molecule has 0 aliphatic heterocycles. The number of hydrogen-bond acceptors (Lipinski definition) is 5. The number of carbonyl (C=O) groups excluding carboxylic acids is 1. The van der Waals surface area contributed by atoms with Crippen LogP contribution in [0, 0.1) is 17.5 Å². The Morgan fingerprint density at radius 1 is 1.28 bits per heavy atom. The molecule has 0 fully saturated rings. The summed E-state index contributed by atoms with van der Waals surface area (Å²) in [6, 6.07) is 9.54. The number of nitrogens with one attached hydrogen (secondary N) is 3. The number of nitrogens with zero attached hydrogens (tertiary/aromatic N) is 2. The van der Waals surface area contributed by atoms with Gasteiger partial charge in [-0.15, -0.1) is 0 Å². The van der Waals surface area contributed by atoms with Crippen LogP contribution in [0.25, 0.3) is 0 Å². The molecular weight excluding hydrogens is 417 g/mol. The van der Waals surface area contributed by atoms with Crippen LogP contribution in [0.1, 0.15) is 21.7 Å². The molecule has 0 aliphatic rings. The van der Waals surface area contributed by atoms with Gasteiger partial charge in [-0.3, -0.25) is 14.6 Å². The van der Waals surface area contributed by atoms with Gasteiger partial charge in [0.1, 0.15) is 5.82 Å². The molecule has 0 spiro atoms. The number of benzene rings is 2. The molecule has 0 atom stereocenters. The summed E-state index contributed by atoms with van der Waals surface area (Å²) in [5.41, 5.74) is 0.589. The van der Waals surface area contributed by atoms with Gasteiger partial charge in [0.15, 0.2) is 10.6 Å². The number of H-pyrrole nitrogens is 1. The second-order valence-electron chi connectivity index (χ2n) is 6.25. The summed E-state index contributed by atoms with van der Waals surface area (Å²) in [4.78, 5) is 12.4. The zero-order valence-electron chi connectivity index (χ0n) is 15.6. The van der Waals surface area contributed by atoms with Crippen molar-refractivity contribution in [1.29, 1.82) is 0 Å². The lowest BCUT2D eigenvalue weighted by Gasteiger charge is -2.12. The van der Waals surface area contributed by atoms with Crippen LogP contribution in [-0.4, -0.2) is 29.1 Å². The van der Waals surface area contributed by atoms with Crippen LogP contribution in [0.2, 0.25) is 0 Å². The maximum Gasteiger partial charge on any atom is 0.262 e. The summed E-state index contributed by atoms with van der Waals surface area (Å²) >= 11 is 5.02. The van der Waals surface area contributed by atoms with Gasteiger partial charge in [-0.1, -0.05) is 18.2 Å². The molecule has 3 N–H and O–H groups in total. The highest BCUT2D eigenvalue weighted by Crippen LogP contribution is 2.21. The predicted octanol–water partition coefficient (Wildman–Crippen LogP) is 2.66. The lowest BCUT2D eigenvalue weighted by Crippen LogP contribution is -2.25. The van der Waals surface area contributed by atoms with E-state index in [-0.39, 0.29) is 22.7 Å². The van der Waals surface area contributed by atoms with Crippen LogP contribution in [0.4, 0.5) is 10.1 Å². The van der Waals surface area contributed by atoms with Crippen molar-refractivity contribution in [2.24, 2.45) is 7.05 Å². The lowest BCUT2D eigenvalue weighted by molar-refractivity contribution is 0.0948. The summed E-state index contributed by atoms with van der Waals surface area (Å²) in [6.45, 7) is 1.79. The average molecular weight is 436 g/mol. The number of carbonyl (C=O) groups is 1. The molecule has 0 aliphatic carbocycles. The van der Waals surface area contributed by atoms with E-state index in [0.717, 1.165) is 6.07 Å². The fourth-order valence-corrected chi connectivity index (χ4v) is 3.80. The average Bonchev–Trinajstić information content (AvgIpc) is 3.00. The van der Waals surface area contributed by atoms with Crippen molar-refractivity contribution in [2.75, 3.05) is 4.72 Å². The highest BCUT2D eigenvalue weighted by Gasteiger charge is 2.19. The Morgan fingerprint density at radius 3 is 2.66 bits per heavy atom. The first kappa shape index (κ1) is 20.7. The first-order valence-corrected chi connectivity index (χ1v) is 10.3. The third-order valence-corrected chi connectivity index (χ3v) is 5.99. The monoisotopic (exact) mass is 435 g/mol. The van der Waals surface area contributed by atoms with E-state index in [4.69, 9.17) is 12.2 Å². The molecule has 0 saturated carbocycles. The van der Waals surface area contributed by atoms with Gasteiger partial charge in [-0.25, -0.2) is 12.8 Å². The minimum absolute atomic E-state index is 0.104. The normalized spacial score (nSPS) is 11.3. The molecule has 1 aromatic heterocycles. The minimum atomic E-state index is -4.08. The summed E-state index contributed by atoms with van der Waals surface area (Å²) in [7, 11) is -2.38. The molecule has 3 rings (SSSR count). The first-order valence-electron chi connectivity index (χ1n) is 8.45. The number of anilines is 1. The Kier molecular flexibility index (Phi) is 5.80. The zero-order valence-corrected chi connectivity index (χ0v) is 17.2. The molecule has 152 valence electrons. The van der Waals surface area contributed by atoms with Crippen molar-refractivity contribution < 1.29 is 17.6 Å². The number of hydrogen-bond donors (Lipinski definition) is 3. The van der Waals surface area contributed by atoms with Gasteiger partial charge in [0, 0.05) is 12.6 Å². The largest absolute Gasteiger partial charge is 0.345 e. The number of sulfonamides is 1. The van der Waals surface area contributed by atoms with E-state index < -0.39 is 21.7 Å². The number of rotatable bonds is 6. The summed E-state index contributed by atoms with van der Waals surface area (Å²) < 4.78 is 43.3. The molecular formula is C18H18FN5O3S2. The Morgan fingerprint density at radius 2 is 2.00 bits per heavy atom. The first-order chi connectivity index (χ1) is 13.7. The van der Waals surface area contributed by atoms with Crippen molar-refractivity contribution >= 4 is 33.8 Å². The van der Waals surface area contributed by atoms with Gasteiger partial charge < -0.3 is 9.88 Å². The molecule has 1 heterocycles. The van der Waals surface area contributed by atoms with Crippen molar-refractivity contribution in [1.82, 2.24) is 20.1 Å². The van der Waals surface area contributed by atoms with Gasteiger partial charge in [0.05, 0.1) is 17.1 Å². The third-order valence-electron chi connectivity index (χ3n) is 4.26. The van der Waals surface area contributed by atoms with Crippen LogP contribution in [0.3, 0.4) is 0 Å². The summed E-state index contributed by atoms with van der Waals surface area (Å²) in [5.74, 6) is -0.653. The van der Waals surface area contributed by atoms with Crippen LogP contribution in [-0.2, 0) is 23.6 Å². The quantitative estimate of drug-likeness (QED) is 0.516. The molecule has 29 heavy (non-hydrogen) atoms. The van der Waals surface area contributed by atoms with Gasteiger partial charge in [-0.05, 0) is 49.0 Å². The maximum atomic E-state index is 13.8. The standard InChI is InChI=1S/C18H18FN5O3S2/c1-11-7-8-12(29(26,27)23-15-6-4-3-5-14(15)19)9-13(11)17(25)20-10-16-21-22-18(28)24(16)2/h3-9,23H,10H2,1-2H3,(H,20,25)(H,22,28). The van der Waals surface area contributed by atoms with Crippen molar-refractivity contribution in [3.8, 4) is 0 Å². The highest BCUT2D eigenvalue weighted by molar-refractivity contribution is 7.92. The van der Waals surface area contributed by atoms with E-state index in [0.29, 0.717) is 16.2 Å². The number of halogens is 1. The minimum Gasteiger partial charge on any atom is -0.345 e. The van der Waals surface area contributed by atoms with Gasteiger partial charge in [-0.2, -0.15) is 5.10 Å². The molecule has 2 aromatic carbocycles. The van der Waals surface area contributed by atoms with Gasteiger partial charge >= 0.3 is 0 Å². The Balaban J connectivity index is 1.83. The van der Waals surface area contributed by atoms with Crippen molar-refractivity contribution in [3.63, 3.8) is 0 Å². The van der Waals surface area contributed by atoms with E-state index in [1.54, 1.807) is 18.5 Å². The second-order valence-corrected chi connectivity index (χ2v) is 8.32. The van der Waals surface area contributed by atoms with Crippen LogP contribution in [0.5, 0.6) is 0 Å². The molecule has 0 saturated heterocycles. The zero-order chi connectivity index (χ0) is 21.2. The Bertz CT molecular complexity index is 1230. The summed E-state index contributed by atoms with van der Waals surface area (Å²) in [6.07, 6.45) is 0. The van der Waals surface area contributed by atoms with Crippen molar-refractivity contribution in [2.45, 2.75) is 18.4 Å². The second kappa shape index (κ2) is 8.13. The molecule has 11 heteroatoms. The third kappa shape index (κ3) is 4.51. The van der Waals surface area contributed by atoms with Crippen LogP contribution >= 0.6 is 12.2 Å². The van der Waals surface area contributed by atoms with E-state index in [9.17, 15) is 17.6 Å². The maximum absolute atomic E-state index is 13.8. The summed E-state index contributed by atoms with van der Waals surface area (Å²) in [5, 5.41) is 9.30. The van der Waals surface area contributed by atoms with Gasteiger partial charge in [0.25, 0.3) is 15.9 Å². The number of para-hydroxylation sites is 1. The van der Waals surface area contributed by atoms with Crippen LogP contribution < -0.4 is 10.0 Å². The van der Waals surface area contributed by atoms with Crippen molar-refractivity contribution in [3.05, 3.63) is 70.0 Å². The smallest absolute Gasteiger partial charge is 0.262 e. The fourth-order valence-electron chi connectivity index (χ4n) is 2.55. The Labute approximate surface area is 171 Å². The SMILES string of the molecule is Cc1ccc(S(=O)(=O)Nc2ccccc2F)cc1C(=O)NCc1n[nH]c(=S)n1C. The molecule has 1 amide bonds. The molecule has 0 radical (unpaired) electrons. The lowest BCUT2D eigenvalue weighted by atomic mass is 10.1. The number of aromatic nitrogens is 3. The van der Waals surface area contributed by atoms with E-state index in [2.05, 4.69) is 20.2 Å². The fraction of sp³-hybridized carbons (Fsp3) is 0.167. The number of amides is 1. The number of aryl methyl sites for hydroxylation is 1. The van der Waals surface area contributed by atoms with E-state index in [1.807, 2.05) is 0 Å². The Hall–Kier alpha value is -3.05. The predicted molar refractivity (Wildman–Crippen MR) is 108 cm³/mol. The van der Waals surface area contributed by atoms with Gasteiger partial charge in [0.2, 0.25) is 0 Å². The highest BCUT2D eigenvalue weighted by atomic mass is 32.2. The topological polar surface area (TPSA) is 109 Å². The van der Waals surface area contributed by atoms with E-state index in [1.165, 1.54) is 36.4 Å². The molecule has 0 unspecified atom stereocenters. The molecule has 3 aromatic rings.